The molecule has 0 saturated heterocycles. The fourth-order valence-electron chi connectivity index (χ4n) is 1.56. The van der Waals surface area contributed by atoms with Gasteiger partial charge in [0.15, 0.2) is 0 Å². The van der Waals surface area contributed by atoms with E-state index in [4.69, 9.17) is 6.42 Å². The first-order chi connectivity index (χ1) is 6.65. The number of nitrogens with zero attached hydrogens (tertiary/aromatic N) is 1. The van der Waals surface area contributed by atoms with Gasteiger partial charge in [0.1, 0.15) is 0 Å². The summed E-state index contributed by atoms with van der Waals surface area (Å²) in [5.74, 6) is 3.74. The van der Waals surface area contributed by atoms with Crippen LogP contribution in [-0.4, -0.2) is 4.98 Å². The van der Waals surface area contributed by atoms with Gasteiger partial charge in [0.2, 0.25) is 0 Å². The molecule has 1 rings (SSSR count). The Bertz CT molecular complexity index is 316. The fraction of sp³-hybridized carbons (Fsp3) is 0.462. The van der Waals surface area contributed by atoms with E-state index in [-0.39, 0.29) is 0 Å². The summed E-state index contributed by atoms with van der Waals surface area (Å²) in [4.78, 5) is 4.30. The van der Waals surface area contributed by atoms with Crippen molar-refractivity contribution in [1.82, 2.24) is 4.98 Å². The zero-order valence-electron chi connectivity index (χ0n) is 9.12. The minimum absolute atomic E-state index is 0.438. The smallest absolute Gasteiger partial charge is 0.0372 e. The predicted octanol–water partition coefficient (Wildman–Crippen LogP) is 3.15. The molecule has 0 aromatic carbocycles. The lowest BCUT2D eigenvalue weighted by Crippen LogP contribution is -2.06. The fourth-order valence-corrected chi connectivity index (χ4v) is 1.56. The standard InChI is InChI=1S/C13H17N/c1-5-6-13(10(2)3)12-8-7-11(4)14-9-12/h1,7-10,13H,6H2,2-4H3. The van der Waals surface area contributed by atoms with Crippen LogP contribution in [0.5, 0.6) is 0 Å². The number of aryl methyl sites for hydroxylation is 1. The Labute approximate surface area is 86.6 Å². The maximum atomic E-state index is 5.36. The van der Waals surface area contributed by atoms with Crippen LogP contribution in [0.25, 0.3) is 0 Å². The number of hydrogen-bond donors (Lipinski definition) is 0. The summed E-state index contributed by atoms with van der Waals surface area (Å²) < 4.78 is 0. The molecular weight excluding hydrogens is 170 g/mol. The third-order valence-electron chi connectivity index (χ3n) is 2.50. The van der Waals surface area contributed by atoms with Gasteiger partial charge in [-0.25, -0.2) is 0 Å². The Kier molecular flexibility index (Phi) is 3.71. The molecule has 0 amide bonds. The molecule has 1 heteroatoms. The van der Waals surface area contributed by atoms with Crippen molar-refractivity contribution >= 4 is 0 Å². The number of rotatable bonds is 3. The average molecular weight is 187 g/mol. The van der Waals surface area contributed by atoms with Crippen LogP contribution < -0.4 is 0 Å². The summed E-state index contributed by atoms with van der Waals surface area (Å²) in [6.07, 6.45) is 8.10. The van der Waals surface area contributed by atoms with Gasteiger partial charge in [0, 0.05) is 18.3 Å². The zero-order chi connectivity index (χ0) is 10.6. The first kappa shape index (κ1) is 10.8. The van der Waals surface area contributed by atoms with Crippen LogP contribution >= 0.6 is 0 Å². The van der Waals surface area contributed by atoms with Crippen molar-refractivity contribution in [2.45, 2.75) is 33.1 Å². The van der Waals surface area contributed by atoms with Crippen molar-refractivity contribution in [2.24, 2.45) is 5.92 Å². The van der Waals surface area contributed by atoms with Crippen LogP contribution in [0, 0.1) is 25.2 Å². The molecule has 0 aliphatic rings. The maximum Gasteiger partial charge on any atom is 0.0372 e. The Morgan fingerprint density at radius 1 is 1.43 bits per heavy atom. The molecule has 0 aliphatic heterocycles. The van der Waals surface area contributed by atoms with Crippen molar-refractivity contribution in [3.05, 3.63) is 29.6 Å². The van der Waals surface area contributed by atoms with Crippen molar-refractivity contribution in [3.63, 3.8) is 0 Å². The van der Waals surface area contributed by atoms with Crippen LogP contribution in [0.4, 0.5) is 0 Å². The second-order valence-electron chi connectivity index (χ2n) is 3.99. The quantitative estimate of drug-likeness (QED) is 0.662. The highest BCUT2D eigenvalue weighted by Gasteiger charge is 2.14. The number of aromatic nitrogens is 1. The van der Waals surface area contributed by atoms with Gasteiger partial charge in [-0.3, -0.25) is 4.98 Å². The predicted molar refractivity (Wildman–Crippen MR) is 60.0 cm³/mol. The molecule has 74 valence electrons. The zero-order valence-corrected chi connectivity index (χ0v) is 9.12. The third kappa shape index (κ3) is 2.60. The molecule has 0 N–H and O–H groups in total. The summed E-state index contributed by atoms with van der Waals surface area (Å²) in [5, 5.41) is 0. The highest BCUT2D eigenvalue weighted by molar-refractivity contribution is 5.20. The van der Waals surface area contributed by atoms with Gasteiger partial charge in [-0.2, -0.15) is 0 Å². The van der Waals surface area contributed by atoms with Crippen LogP contribution in [0.15, 0.2) is 18.3 Å². The van der Waals surface area contributed by atoms with Gasteiger partial charge >= 0.3 is 0 Å². The normalized spacial score (nSPS) is 12.5. The summed E-state index contributed by atoms with van der Waals surface area (Å²) in [7, 11) is 0. The Morgan fingerprint density at radius 3 is 2.57 bits per heavy atom. The van der Waals surface area contributed by atoms with Crippen LogP contribution in [0.1, 0.15) is 37.4 Å². The maximum absolute atomic E-state index is 5.36. The van der Waals surface area contributed by atoms with Gasteiger partial charge in [0.05, 0.1) is 0 Å². The average Bonchev–Trinajstić information content (AvgIpc) is 2.15. The van der Waals surface area contributed by atoms with E-state index in [1.807, 2.05) is 19.2 Å². The van der Waals surface area contributed by atoms with Crippen LogP contribution in [-0.2, 0) is 0 Å². The second-order valence-corrected chi connectivity index (χ2v) is 3.99. The Morgan fingerprint density at radius 2 is 2.14 bits per heavy atom. The van der Waals surface area contributed by atoms with Gasteiger partial charge in [-0.15, -0.1) is 12.3 Å². The van der Waals surface area contributed by atoms with Crippen molar-refractivity contribution < 1.29 is 0 Å². The van der Waals surface area contributed by atoms with E-state index in [9.17, 15) is 0 Å². The summed E-state index contributed by atoms with van der Waals surface area (Å²) in [5.41, 5.74) is 2.31. The minimum Gasteiger partial charge on any atom is -0.261 e. The van der Waals surface area contributed by atoms with Crippen molar-refractivity contribution in [2.75, 3.05) is 0 Å². The molecule has 14 heavy (non-hydrogen) atoms. The Balaban J connectivity index is 2.89. The third-order valence-corrected chi connectivity index (χ3v) is 2.50. The summed E-state index contributed by atoms with van der Waals surface area (Å²) >= 11 is 0. The highest BCUT2D eigenvalue weighted by atomic mass is 14.7. The van der Waals surface area contributed by atoms with Gasteiger partial charge in [0.25, 0.3) is 0 Å². The first-order valence-electron chi connectivity index (χ1n) is 5.01. The first-order valence-corrected chi connectivity index (χ1v) is 5.01. The number of pyridine rings is 1. The largest absolute Gasteiger partial charge is 0.261 e. The SMILES string of the molecule is C#CCC(c1ccc(C)nc1)C(C)C. The number of hydrogen-bond acceptors (Lipinski definition) is 1. The molecule has 1 nitrogen and oxygen atoms in total. The van der Waals surface area contributed by atoms with E-state index in [2.05, 4.69) is 30.8 Å². The lowest BCUT2D eigenvalue weighted by molar-refractivity contribution is 0.506. The number of terminal acetylenes is 1. The molecule has 1 heterocycles. The lowest BCUT2D eigenvalue weighted by atomic mass is 9.87. The molecule has 1 aromatic rings. The molecule has 0 radical (unpaired) electrons. The van der Waals surface area contributed by atoms with Crippen molar-refractivity contribution in [3.8, 4) is 12.3 Å². The molecule has 0 bridgehead atoms. The van der Waals surface area contributed by atoms with E-state index >= 15 is 0 Å². The second kappa shape index (κ2) is 4.81. The van der Waals surface area contributed by atoms with E-state index in [1.54, 1.807) is 0 Å². The molecule has 0 aliphatic carbocycles. The molecule has 1 unspecified atom stereocenters. The van der Waals surface area contributed by atoms with Gasteiger partial charge < -0.3 is 0 Å². The van der Waals surface area contributed by atoms with Crippen LogP contribution in [0.3, 0.4) is 0 Å². The molecular formula is C13H17N. The molecule has 1 atom stereocenters. The highest BCUT2D eigenvalue weighted by Crippen LogP contribution is 2.26. The van der Waals surface area contributed by atoms with E-state index in [0.717, 1.165) is 12.1 Å². The van der Waals surface area contributed by atoms with E-state index in [0.29, 0.717) is 11.8 Å². The molecule has 0 fully saturated rings. The van der Waals surface area contributed by atoms with Crippen LogP contribution in [0.2, 0.25) is 0 Å². The van der Waals surface area contributed by atoms with E-state index in [1.165, 1.54) is 5.56 Å². The minimum atomic E-state index is 0.438. The van der Waals surface area contributed by atoms with Gasteiger partial charge in [-0.1, -0.05) is 19.9 Å². The summed E-state index contributed by atoms with van der Waals surface area (Å²) in [6.45, 7) is 6.39. The van der Waals surface area contributed by atoms with Crippen molar-refractivity contribution in [1.29, 1.82) is 0 Å². The molecule has 0 saturated carbocycles. The summed E-state index contributed by atoms with van der Waals surface area (Å²) in [6, 6.07) is 4.17. The molecule has 1 aromatic heterocycles. The Hall–Kier alpha value is -1.29. The lowest BCUT2D eigenvalue weighted by Gasteiger charge is -2.18. The topological polar surface area (TPSA) is 12.9 Å². The van der Waals surface area contributed by atoms with Gasteiger partial charge in [-0.05, 0) is 30.4 Å². The molecule has 0 spiro atoms. The monoisotopic (exact) mass is 187 g/mol. The van der Waals surface area contributed by atoms with E-state index < -0.39 is 0 Å².